The highest BCUT2D eigenvalue weighted by molar-refractivity contribution is 5.44. The molecule has 1 fully saturated rings. The van der Waals surface area contributed by atoms with E-state index in [4.69, 9.17) is 10.6 Å². The van der Waals surface area contributed by atoms with Crippen LogP contribution in [0.25, 0.3) is 0 Å². The molecule has 1 aliphatic heterocycles. The van der Waals surface area contributed by atoms with Crippen molar-refractivity contribution >= 4 is 5.82 Å². The molecule has 0 aromatic carbocycles. The summed E-state index contributed by atoms with van der Waals surface area (Å²) in [5, 5.41) is 0. The average Bonchev–Trinajstić information content (AvgIpc) is 2.47. The molecule has 0 amide bonds. The molecule has 1 aromatic heterocycles. The third kappa shape index (κ3) is 3.08. The van der Waals surface area contributed by atoms with E-state index < -0.39 is 0 Å². The Labute approximate surface area is 120 Å². The van der Waals surface area contributed by atoms with E-state index >= 15 is 0 Å². The lowest BCUT2D eigenvalue weighted by atomic mass is 10.1. The number of nitrogen functional groups attached to an aromatic ring is 1. The molecule has 0 saturated carbocycles. The summed E-state index contributed by atoms with van der Waals surface area (Å²) in [5.41, 5.74) is 4.69. The highest BCUT2D eigenvalue weighted by Gasteiger charge is 2.26. The molecule has 0 aliphatic carbocycles. The van der Waals surface area contributed by atoms with Gasteiger partial charge in [-0.3, -0.25) is 4.90 Å². The number of hydrogen-bond donors (Lipinski definition) is 2. The monoisotopic (exact) mass is 279 g/mol. The molecule has 2 heterocycles. The summed E-state index contributed by atoms with van der Waals surface area (Å²) in [6, 6.07) is 0.504. The molecule has 1 unspecified atom stereocenters. The van der Waals surface area contributed by atoms with Crippen molar-refractivity contribution in [2.45, 2.75) is 46.3 Å². The molecule has 20 heavy (non-hydrogen) atoms. The Morgan fingerprint density at radius 3 is 2.80 bits per heavy atom. The number of nitrogens with one attached hydrogen (secondary N) is 1. The van der Waals surface area contributed by atoms with Gasteiger partial charge in [-0.2, -0.15) is 0 Å². The minimum absolute atomic E-state index is 0.0795. The lowest BCUT2D eigenvalue weighted by Gasteiger charge is -2.35. The summed E-state index contributed by atoms with van der Waals surface area (Å²) in [5.74, 6) is 6.98. The summed E-state index contributed by atoms with van der Waals surface area (Å²) < 4.78 is 5.85. The smallest absolute Gasteiger partial charge is 0.161 e. The molecule has 6 heteroatoms. The van der Waals surface area contributed by atoms with Gasteiger partial charge in [0.05, 0.1) is 6.61 Å². The first-order chi connectivity index (χ1) is 9.56. The van der Waals surface area contributed by atoms with Crippen molar-refractivity contribution in [1.82, 2.24) is 14.9 Å². The summed E-state index contributed by atoms with van der Waals surface area (Å²) in [6.45, 7) is 11.0. The molecule has 0 bridgehead atoms. The van der Waals surface area contributed by atoms with E-state index in [0.717, 1.165) is 36.6 Å². The van der Waals surface area contributed by atoms with Crippen molar-refractivity contribution in [3.05, 3.63) is 17.1 Å². The first-order valence-corrected chi connectivity index (χ1v) is 7.26. The van der Waals surface area contributed by atoms with E-state index in [9.17, 15) is 0 Å². The number of hydrazine groups is 1. The van der Waals surface area contributed by atoms with E-state index in [1.54, 1.807) is 0 Å². The van der Waals surface area contributed by atoms with Gasteiger partial charge in [-0.25, -0.2) is 15.8 Å². The third-order valence-corrected chi connectivity index (χ3v) is 3.85. The predicted molar refractivity (Wildman–Crippen MR) is 79.4 cm³/mol. The van der Waals surface area contributed by atoms with Crippen LogP contribution in [0.4, 0.5) is 5.82 Å². The summed E-state index contributed by atoms with van der Waals surface area (Å²) >= 11 is 0. The van der Waals surface area contributed by atoms with Gasteiger partial charge < -0.3 is 10.2 Å². The second-order valence-corrected chi connectivity index (χ2v) is 5.45. The van der Waals surface area contributed by atoms with Crippen LogP contribution in [0.3, 0.4) is 0 Å². The Balaban J connectivity index is 2.27. The second-order valence-electron chi connectivity index (χ2n) is 5.45. The van der Waals surface area contributed by atoms with Gasteiger partial charge in [0.15, 0.2) is 5.82 Å². The van der Waals surface area contributed by atoms with Crippen LogP contribution < -0.4 is 11.3 Å². The largest absolute Gasteiger partial charge is 0.368 e. The van der Waals surface area contributed by atoms with E-state index in [-0.39, 0.29) is 6.10 Å². The fourth-order valence-corrected chi connectivity index (χ4v) is 2.51. The number of anilines is 1. The molecule has 112 valence electrons. The number of rotatable bonds is 4. The van der Waals surface area contributed by atoms with Gasteiger partial charge in [0, 0.05) is 30.4 Å². The molecule has 0 radical (unpaired) electrons. The minimum atomic E-state index is -0.0795. The van der Waals surface area contributed by atoms with E-state index in [2.05, 4.69) is 41.1 Å². The van der Waals surface area contributed by atoms with Gasteiger partial charge in [-0.15, -0.1) is 0 Å². The van der Waals surface area contributed by atoms with Crippen LogP contribution in [0.2, 0.25) is 0 Å². The Hall–Kier alpha value is -1.24. The lowest BCUT2D eigenvalue weighted by Crippen LogP contribution is -2.42. The van der Waals surface area contributed by atoms with Crippen molar-refractivity contribution in [3.8, 4) is 0 Å². The zero-order chi connectivity index (χ0) is 14.7. The number of hydrogen-bond acceptors (Lipinski definition) is 6. The van der Waals surface area contributed by atoms with E-state index in [1.807, 2.05) is 6.92 Å². The van der Waals surface area contributed by atoms with Crippen molar-refractivity contribution in [3.63, 3.8) is 0 Å². The fourth-order valence-electron chi connectivity index (χ4n) is 2.51. The van der Waals surface area contributed by atoms with Crippen LogP contribution in [0.15, 0.2) is 0 Å². The number of morpholine rings is 1. The maximum atomic E-state index is 5.85. The van der Waals surface area contributed by atoms with Gasteiger partial charge in [-0.05, 0) is 27.2 Å². The van der Waals surface area contributed by atoms with Crippen LogP contribution in [0.5, 0.6) is 0 Å². The van der Waals surface area contributed by atoms with Crippen LogP contribution in [0.1, 0.15) is 44.0 Å². The number of nitrogens with zero attached hydrogens (tertiary/aromatic N) is 3. The van der Waals surface area contributed by atoms with Crippen molar-refractivity contribution in [2.75, 3.05) is 25.1 Å². The number of aryl methyl sites for hydroxylation is 1. The zero-order valence-corrected chi connectivity index (χ0v) is 12.8. The number of nitrogens with two attached hydrogens (primary N) is 1. The van der Waals surface area contributed by atoms with Gasteiger partial charge in [-0.1, -0.05) is 6.92 Å². The standard InChI is InChI=1S/C14H25N5O/c1-5-11-10(4)13(18-15)17-14(16-11)12-8-19(9(2)3)6-7-20-12/h9,12H,5-8,15H2,1-4H3,(H,16,17,18). The van der Waals surface area contributed by atoms with E-state index in [1.165, 1.54) is 0 Å². The summed E-state index contributed by atoms with van der Waals surface area (Å²) in [4.78, 5) is 11.6. The van der Waals surface area contributed by atoms with Gasteiger partial charge in [0.2, 0.25) is 0 Å². The molecule has 2 rings (SSSR count). The maximum Gasteiger partial charge on any atom is 0.161 e. The Bertz CT molecular complexity index is 438. The van der Waals surface area contributed by atoms with Crippen molar-refractivity contribution in [2.24, 2.45) is 5.84 Å². The zero-order valence-electron chi connectivity index (χ0n) is 12.8. The maximum absolute atomic E-state index is 5.85. The highest BCUT2D eigenvalue weighted by atomic mass is 16.5. The van der Waals surface area contributed by atoms with Gasteiger partial charge in [0.1, 0.15) is 11.9 Å². The molecule has 6 nitrogen and oxygen atoms in total. The summed E-state index contributed by atoms with van der Waals surface area (Å²) in [6.07, 6.45) is 0.778. The van der Waals surface area contributed by atoms with Crippen LogP contribution in [-0.2, 0) is 11.2 Å². The minimum Gasteiger partial charge on any atom is -0.368 e. The molecule has 1 saturated heterocycles. The normalized spacial score (nSPS) is 20.4. The quantitative estimate of drug-likeness (QED) is 0.641. The highest BCUT2D eigenvalue weighted by Crippen LogP contribution is 2.24. The van der Waals surface area contributed by atoms with Gasteiger partial charge >= 0.3 is 0 Å². The first-order valence-electron chi connectivity index (χ1n) is 7.26. The summed E-state index contributed by atoms with van der Waals surface area (Å²) in [7, 11) is 0. The predicted octanol–water partition coefficient (Wildman–Crippen LogP) is 1.41. The van der Waals surface area contributed by atoms with Gasteiger partial charge in [0.25, 0.3) is 0 Å². The molecular weight excluding hydrogens is 254 g/mol. The molecule has 0 spiro atoms. The van der Waals surface area contributed by atoms with Crippen LogP contribution >= 0.6 is 0 Å². The van der Waals surface area contributed by atoms with Crippen molar-refractivity contribution in [1.29, 1.82) is 0 Å². The number of aromatic nitrogens is 2. The first kappa shape index (κ1) is 15.2. The molecular formula is C14H25N5O. The third-order valence-electron chi connectivity index (χ3n) is 3.85. The Kier molecular flexibility index (Phi) is 4.91. The number of ether oxygens (including phenoxy) is 1. The van der Waals surface area contributed by atoms with E-state index in [0.29, 0.717) is 18.5 Å². The average molecular weight is 279 g/mol. The fraction of sp³-hybridized carbons (Fsp3) is 0.714. The lowest BCUT2D eigenvalue weighted by molar-refractivity contribution is -0.0443. The van der Waals surface area contributed by atoms with Crippen molar-refractivity contribution < 1.29 is 4.74 Å². The molecule has 1 atom stereocenters. The topological polar surface area (TPSA) is 76.3 Å². The molecule has 1 aromatic rings. The van der Waals surface area contributed by atoms with Crippen LogP contribution in [0, 0.1) is 6.92 Å². The SMILES string of the molecule is CCc1nc(C2CN(C(C)C)CCO2)nc(NN)c1C. The molecule has 3 N–H and O–H groups in total. The molecule has 1 aliphatic rings. The Morgan fingerprint density at radius 2 is 2.20 bits per heavy atom. The second kappa shape index (κ2) is 6.47. The van der Waals surface area contributed by atoms with Crippen LogP contribution in [-0.4, -0.2) is 40.6 Å². The Morgan fingerprint density at radius 1 is 1.45 bits per heavy atom.